The Hall–Kier alpha value is -2.13. The molecule has 0 aromatic heterocycles. The second-order valence-electron chi connectivity index (χ2n) is 5.17. The largest absolute Gasteiger partial charge is 0.490 e. The standard InChI is InChI=1S/C18H18O3/c1-13(19)15-7-4-5-9-17(15)21-12-18-16-8-3-2-6-14(16)10-11-20-18/h2-9,18H,10-12H2,1H3. The Morgan fingerprint density at radius 1 is 1.19 bits per heavy atom. The number of hydrogen-bond donors (Lipinski definition) is 0. The molecule has 3 rings (SSSR count). The fourth-order valence-corrected chi connectivity index (χ4v) is 2.66. The second kappa shape index (κ2) is 6.10. The van der Waals surface area contributed by atoms with E-state index < -0.39 is 0 Å². The highest BCUT2D eigenvalue weighted by atomic mass is 16.5. The SMILES string of the molecule is CC(=O)c1ccccc1OCC1OCCc2ccccc21. The van der Waals surface area contributed by atoms with E-state index in [1.807, 2.05) is 30.3 Å². The van der Waals surface area contributed by atoms with Gasteiger partial charge in [-0.2, -0.15) is 0 Å². The highest BCUT2D eigenvalue weighted by Crippen LogP contribution is 2.28. The van der Waals surface area contributed by atoms with Crippen LogP contribution in [0.2, 0.25) is 0 Å². The molecule has 0 saturated carbocycles. The van der Waals surface area contributed by atoms with E-state index in [9.17, 15) is 4.79 Å². The van der Waals surface area contributed by atoms with E-state index in [1.165, 1.54) is 11.1 Å². The fourth-order valence-electron chi connectivity index (χ4n) is 2.66. The molecule has 1 aliphatic rings. The van der Waals surface area contributed by atoms with Crippen molar-refractivity contribution in [2.45, 2.75) is 19.4 Å². The Bertz CT molecular complexity index is 648. The van der Waals surface area contributed by atoms with Crippen molar-refractivity contribution in [2.24, 2.45) is 0 Å². The van der Waals surface area contributed by atoms with Crippen molar-refractivity contribution in [2.75, 3.05) is 13.2 Å². The summed E-state index contributed by atoms with van der Waals surface area (Å²) in [5.41, 5.74) is 3.11. The van der Waals surface area contributed by atoms with Crippen molar-refractivity contribution < 1.29 is 14.3 Å². The molecule has 2 aromatic rings. The molecule has 0 bridgehead atoms. The molecule has 0 spiro atoms. The van der Waals surface area contributed by atoms with Gasteiger partial charge in [0.2, 0.25) is 0 Å². The molecule has 0 aliphatic carbocycles. The van der Waals surface area contributed by atoms with E-state index in [2.05, 4.69) is 12.1 Å². The second-order valence-corrected chi connectivity index (χ2v) is 5.17. The van der Waals surface area contributed by atoms with Gasteiger partial charge in [-0.15, -0.1) is 0 Å². The average Bonchev–Trinajstić information content (AvgIpc) is 2.53. The molecule has 1 heterocycles. The average molecular weight is 282 g/mol. The van der Waals surface area contributed by atoms with Crippen LogP contribution in [0.15, 0.2) is 48.5 Å². The van der Waals surface area contributed by atoms with E-state index in [1.54, 1.807) is 13.0 Å². The molecule has 3 heteroatoms. The van der Waals surface area contributed by atoms with Gasteiger partial charge in [0.05, 0.1) is 12.2 Å². The Balaban J connectivity index is 1.76. The molecular formula is C18H18O3. The minimum Gasteiger partial charge on any atom is -0.490 e. The number of rotatable bonds is 4. The maximum Gasteiger partial charge on any atom is 0.163 e. The highest BCUT2D eigenvalue weighted by molar-refractivity contribution is 5.96. The summed E-state index contributed by atoms with van der Waals surface area (Å²) in [5, 5.41) is 0. The van der Waals surface area contributed by atoms with Crippen LogP contribution >= 0.6 is 0 Å². The number of ether oxygens (including phenoxy) is 2. The number of ketones is 1. The van der Waals surface area contributed by atoms with Gasteiger partial charge < -0.3 is 9.47 Å². The summed E-state index contributed by atoms with van der Waals surface area (Å²) < 4.78 is 11.7. The minimum atomic E-state index is -0.0741. The smallest absolute Gasteiger partial charge is 0.163 e. The zero-order valence-corrected chi connectivity index (χ0v) is 12.0. The topological polar surface area (TPSA) is 35.5 Å². The molecule has 0 saturated heterocycles. The molecule has 0 fully saturated rings. The maximum atomic E-state index is 11.6. The lowest BCUT2D eigenvalue weighted by molar-refractivity contribution is 0.0100. The fraction of sp³-hybridized carbons (Fsp3) is 0.278. The van der Waals surface area contributed by atoms with Gasteiger partial charge in [-0.05, 0) is 36.6 Å². The summed E-state index contributed by atoms with van der Waals surface area (Å²) in [6.07, 6.45) is 0.867. The lowest BCUT2D eigenvalue weighted by atomic mass is 9.98. The third-order valence-corrected chi connectivity index (χ3v) is 3.75. The van der Waals surface area contributed by atoms with Gasteiger partial charge in [-0.3, -0.25) is 4.79 Å². The normalized spacial score (nSPS) is 17.1. The van der Waals surface area contributed by atoms with Crippen molar-refractivity contribution in [1.82, 2.24) is 0 Å². The highest BCUT2D eigenvalue weighted by Gasteiger charge is 2.21. The number of hydrogen-bond acceptors (Lipinski definition) is 3. The van der Waals surface area contributed by atoms with E-state index in [0.717, 1.165) is 6.42 Å². The van der Waals surface area contributed by atoms with Crippen LogP contribution < -0.4 is 4.74 Å². The van der Waals surface area contributed by atoms with Gasteiger partial charge in [0.1, 0.15) is 18.5 Å². The number of carbonyl (C=O) groups is 1. The van der Waals surface area contributed by atoms with Gasteiger partial charge in [0, 0.05) is 0 Å². The number of carbonyl (C=O) groups excluding carboxylic acids is 1. The van der Waals surface area contributed by atoms with Crippen LogP contribution in [0.3, 0.4) is 0 Å². The van der Waals surface area contributed by atoms with Crippen LogP contribution in [-0.4, -0.2) is 19.0 Å². The molecule has 2 aromatic carbocycles. The monoisotopic (exact) mass is 282 g/mol. The third-order valence-electron chi connectivity index (χ3n) is 3.75. The molecule has 1 aliphatic heterocycles. The van der Waals surface area contributed by atoms with Gasteiger partial charge >= 0.3 is 0 Å². The Morgan fingerprint density at radius 2 is 1.95 bits per heavy atom. The van der Waals surface area contributed by atoms with Crippen LogP contribution in [0, 0.1) is 0 Å². The van der Waals surface area contributed by atoms with Crippen molar-refractivity contribution in [3.05, 3.63) is 65.2 Å². The first-order valence-corrected chi connectivity index (χ1v) is 7.18. The molecule has 0 N–H and O–H groups in total. The van der Waals surface area contributed by atoms with Gasteiger partial charge in [-0.25, -0.2) is 0 Å². The molecule has 108 valence electrons. The molecule has 0 radical (unpaired) electrons. The van der Waals surface area contributed by atoms with Crippen LogP contribution in [0.25, 0.3) is 0 Å². The van der Waals surface area contributed by atoms with Gasteiger partial charge in [0.25, 0.3) is 0 Å². The first-order valence-electron chi connectivity index (χ1n) is 7.18. The van der Waals surface area contributed by atoms with Crippen LogP contribution in [0.5, 0.6) is 5.75 Å². The van der Waals surface area contributed by atoms with Crippen LogP contribution in [-0.2, 0) is 11.2 Å². The summed E-state index contributed by atoms with van der Waals surface area (Å²) in [5.74, 6) is 0.632. The lowest BCUT2D eigenvalue weighted by Crippen LogP contribution is -2.22. The minimum absolute atomic E-state index is 0.00978. The van der Waals surface area contributed by atoms with Crippen LogP contribution in [0.4, 0.5) is 0 Å². The van der Waals surface area contributed by atoms with Crippen LogP contribution in [0.1, 0.15) is 34.5 Å². The van der Waals surface area contributed by atoms with E-state index in [4.69, 9.17) is 9.47 Å². The van der Waals surface area contributed by atoms with Gasteiger partial charge in [0.15, 0.2) is 5.78 Å². The lowest BCUT2D eigenvalue weighted by Gasteiger charge is -2.26. The van der Waals surface area contributed by atoms with Crippen molar-refractivity contribution in [3.8, 4) is 5.75 Å². The summed E-state index contributed by atoms with van der Waals surface area (Å²) in [4.78, 5) is 11.6. The summed E-state index contributed by atoms with van der Waals surface area (Å²) in [6.45, 7) is 2.68. The Morgan fingerprint density at radius 3 is 2.81 bits per heavy atom. The zero-order chi connectivity index (χ0) is 14.7. The number of Topliss-reactive ketones (excluding diaryl/α,β-unsaturated/α-hetero) is 1. The molecule has 1 atom stereocenters. The summed E-state index contributed by atoms with van der Waals surface area (Å²) >= 11 is 0. The number of fused-ring (bicyclic) bond motifs is 1. The maximum absolute atomic E-state index is 11.6. The zero-order valence-electron chi connectivity index (χ0n) is 12.0. The molecule has 3 nitrogen and oxygen atoms in total. The molecule has 1 unspecified atom stereocenters. The third kappa shape index (κ3) is 2.98. The quantitative estimate of drug-likeness (QED) is 0.804. The first kappa shape index (κ1) is 13.8. The Labute approximate surface area is 124 Å². The molecule has 21 heavy (non-hydrogen) atoms. The van der Waals surface area contributed by atoms with E-state index in [0.29, 0.717) is 24.5 Å². The number of para-hydroxylation sites is 1. The predicted octanol–water partition coefficient (Wildman–Crippen LogP) is 3.58. The Kier molecular flexibility index (Phi) is 4.02. The number of benzene rings is 2. The van der Waals surface area contributed by atoms with Crippen molar-refractivity contribution in [3.63, 3.8) is 0 Å². The predicted molar refractivity (Wildman–Crippen MR) is 80.8 cm³/mol. The summed E-state index contributed by atoms with van der Waals surface area (Å²) in [6, 6.07) is 15.6. The summed E-state index contributed by atoms with van der Waals surface area (Å²) in [7, 11) is 0. The van der Waals surface area contributed by atoms with Crippen molar-refractivity contribution >= 4 is 5.78 Å². The van der Waals surface area contributed by atoms with E-state index >= 15 is 0 Å². The molecular weight excluding hydrogens is 264 g/mol. The van der Waals surface area contributed by atoms with Gasteiger partial charge in [-0.1, -0.05) is 36.4 Å². The molecule has 0 amide bonds. The van der Waals surface area contributed by atoms with E-state index in [-0.39, 0.29) is 11.9 Å². The van der Waals surface area contributed by atoms with Crippen molar-refractivity contribution in [1.29, 1.82) is 0 Å². The first-order chi connectivity index (χ1) is 10.3.